The van der Waals surface area contributed by atoms with Crippen molar-refractivity contribution in [3.05, 3.63) is 88.8 Å². The van der Waals surface area contributed by atoms with Gasteiger partial charge in [-0.05, 0) is 48.9 Å². The van der Waals surface area contributed by atoms with Gasteiger partial charge in [-0.25, -0.2) is 9.97 Å². The monoisotopic (exact) mass is 394 g/mol. The summed E-state index contributed by atoms with van der Waals surface area (Å²) in [4.78, 5) is 9.81. The van der Waals surface area contributed by atoms with Gasteiger partial charge in [0.1, 0.15) is 18.4 Å². The van der Waals surface area contributed by atoms with E-state index in [0.717, 1.165) is 42.8 Å². The molecule has 0 amide bonds. The van der Waals surface area contributed by atoms with Crippen LogP contribution in [0.3, 0.4) is 0 Å². The fourth-order valence-corrected chi connectivity index (χ4v) is 4.29. The average Bonchev–Trinajstić information content (AvgIpc) is 3.20. The molecule has 2 aromatic carbocycles. The van der Waals surface area contributed by atoms with E-state index in [2.05, 4.69) is 47.8 Å². The summed E-state index contributed by atoms with van der Waals surface area (Å²) in [6, 6.07) is 18.3. The number of nitrogens with one attached hydrogen (secondary N) is 1. The maximum atomic E-state index is 9.36. The average molecular weight is 394 g/mol. The third kappa shape index (κ3) is 3.53. The fraction of sp³-hybridized carbons (Fsp3) is 0.240. The second-order valence-corrected chi connectivity index (χ2v) is 7.63. The molecule has 5 nitrogen and oxygen atoms in total. The van der Waals surface area contributed by atoms with Crippen LogP contribution in [-0.4, -0.2) is 16.6 Å². The van der Waals surface area contributed by atoms with Crippen LogP contribution in [0.1, 0.15) is 46.8 Å². The molecule has 2 heterocycles. The van der Waals surface area contributed by atoms with Gasteiger partial charge in [-0.15, -0.1) is 0 Å². The number of anilines is 2. The predicted molar refractivity (Wildman–Crippen MR) is 116 cm³/mol. The molecule has 0 spiro atoms. The number of benzene rings is 2. The highest BCUT2D eigenvalue weighted by Crippen LogP contribution is 2.39. The maximum Gasteiger partial charge on any atom is 0.227 e. The summed E-state index contributed by atoms with van der Waals surface area (Å²) in [5.41, 5.74) is 6.20. The first-order valence-electron chi connectivity index (χ1n) is 10.4. The highest BCUT2D eigenvalue weighted by Gasteiger charge is 2.29. The van der Waals surface area contributed by atoms with E-state index >= 15 is 0 Å². The van der Waals surface area contributed by atoms with Crippen molar-refractivity contribution in [3.8, 4) is 11.8 Å². The number of aryl methyl sites for hydroxylation is 1. The third-order valence-corrected chi connectivity index (χ3v) is 5.75. The Labute approximate surface area is 176 Å². The van der Waals surface area contributed by atoms with Gasteiger partial charge in [0, 0.05) is 23.4 Å². The number of rotatable bonds is 1. The van der Waals surface area contributed by atoms with Crippen molar-refractivity contribution in [2.75, 3.05) is 11.9 Å². The van der Waals surface area contributed by atoms with Gasteiger partial charge in [-0.1, -0.05) is 42.5 Å². The van der Waals surface area contributed by atoms with Crippen LogP contribution in [0, 0.1) is 11.3 Å². The topological polar surface area (TPSA) is 70.8 Å². The Balaban J connectivity index is 1.59. The highest BCUT2D eigenvalue weighted by atomic mass is 16.5. The predicted octanol–water partition coefficient (Wildman–Crippen LogP) is 5.05. The van der Waals surface area contributed by atoms with Crippen LogP contribution < -0.4 is 10.1 Å². The molecule has 1 atom stereocenters. The molecule has 1 aliphatic carbocycles. The van der Waals surface area contributed by atoms with Gasteiger partial charge in [-0.2, -0.15) is 5.26 Å². The third-order valence-electron chi connectivity index (χ3n) is 5.75. The zero-order valence-corrected chi connectivity index (χ0v) is 16.6. The summed E-state index contributed by atoms with van der Waals surface area (Å²) < 4.78 is 5.81. The SMILES string of the molecule is N#Cc1ccc2cc1OC/C=C\CCc1nc(nc3c1CCC3c1ccccc1)N2. The van der Waals surface area contributed by atoms with E-state index < -0.39 is 0 Å². The van der Waals surface area contributed by atoms with Crippen LogP contribution in [-0.2, 0) is 12.8 Å². The van der Waals surface area contributed by atoms with E-state index in [-0.39, 0.29) is 0 Å². The van der Waals surface area contributed by atoms with Crippen molar-refractivity contribution < 1.29 is 4.74 Å². The van der Waals surface area contributed by atoms with E-state index in [1.54, 1.807) is 6.07 Å². The second kappa shape index (κ2) is 8.00. The summed E-state index contributed by atoms with van der Waals surface area (Å²) in [6.07, 6.45) is 7.98. The number of aromatic nitrogens is 2. The first-order chi connectivity index (χ1) is 14.8. The Hall–Kier alpha value is -3.65. The lowest BCUT2D eigenvalue weighted by Gasteiger charge is -2.15. The second-order valence-electron chi connectivity index (χ2n) is 7.63. The fourth-order valence-electron chi connectivity index (χ4n) is 4.29. The summed E-state index contributed by atoms with van der Waals surface area (Å²) >= 11 is 0. The van der Waals surface area contributed by atoms with Crippen LogP contribution in [0.2, 0.25) is 0 Å². The van der Waals surface area contributed by atoms with Gasteiger partial charge in [0.05, 0.1) is 11.3 Å². The number of allylic oxidation sites excluding steroid dienone is 1. The highest BCUT2D eigenvalue weighted by molar-refractivity contribution is 5.61. The van der Waals surface area contributed by atoms with Crippen LogP contribution in [0.5, 0.6) is 5.75 Å². The molecule has 5 rings (SSSR count). The van der Waals surface area contributed by atoms with Crippen molar-refractivity contribution in [1.82, 2.24) is 9.97 Å². The summed E-state index contributed by atoms with van der Waals surface area (Å²) in [5.74, 6) is 1.47. The molecule has 1 unspecified atom stereocenters. The van der Waals surface area contributed by atoms with Gasteiger partial charge in [-0.3, -0.25) is 0 Å². The lowest BCUT2D eigenvalue weighted by atomic mass is 9.96. The molecule has 148 valence electrons. The molecular weight excluding hydrogens is 372 g/mol. The molecule has 4 bridgehead atoms. The standard InChI is InChI=1S/C25H22N4O/c26-16-18-10-11-19-15-23(18)30-14-6-2-5-9-22-21-13-12-20(17-7-3-1-4-8-17)24(21)29-25(27-19)28-22/h1-4,6-8,10-11,15,20H,5,9,12-14H2,(H,27,28,29)/b6-2-. The Morgan fingerprint density at radius 2 is 1.93 bits per heavy atom. The molecule has 1 aliphatic heterocycles. The Morgan fingerprint density at radius 3 is 2.80 bits per heavy atom. The first kappa shape index (κ1) is 18.4. The quantitative estimate of drug-likeness (QED) is 0.585. The number of nitrogens with zero attached hydrogens (tertiary/aromatic N) is 3. The Kier molecular flexibility index (Phi) is 4.90. The molecule has 0 saturated heterocycles. The number of hydrogen-bond donors (Lipinski definition) is 1. The number of ether oxygens (including phenoxy) is 1. The van der Waals surface area contributed by atoms with Crippen LogP contribution in [0.25, 0.3) is 0 Å². The molecule has 1 aromatic heterocycles. The summed E-state index contributed by atoms with van der Waals surface area (Å²) in [5, 5.41) is 12.7. The minimum atomic E-state index is 0.301. The number of nitriles is 1. The minimum absolute atomic E-state index is 0.301. The lowest BCUT2D eigenvalue weighted by molar-refractivity contribution is 0.361. The van der Waals surface area contributed by atoms with E-state index in [0.29, 0.717) is 29.8 Å². The molecule has 2 aliphatic rings. The van der Waals surface area contributed by atoms with Crippen molar-refractivity contribution in [2.24, 2.45) is 0 Å². The van der Waals surface area contributed by atoms with Crippen molar-refractivity contribution in [2.45, 2.75) is 31.6 Å². The molecule has 30 heavy (non-hydrogen) atoms. The Morgan fingerprint density at radius 1 is 1.03 bits per heavy atom. The smallest absolute Gasteiger partial charge is 0.227 e. The summed E-state index contributed by atoms with van der Waals surface area (Å²) in [7, 11) is 0. The molecule has 3 aromatic rings. The van der Waals surface area contributed by atoms with Gasteiger partial charge in [0.2, 0.25) is 5.95 Å². The van der Waals surface area contributed by atoms with Crippen LogP contribution in [0.15, 0.2) is 60.7 Å². The van der Waals surface area contributed by atoms with Crippen LogP contribution >= 0.6 is 0 Å². The summed E-state index contributed by atoms with van der Waals surface area (Å²) in [6.45, 7) is 0.440. The minimum Gasteiger partial charge on any atom is -0.488 e. The molecule has 0 saturated carbocycles. The van der Waals surface area contributed by atoms with E-state index in [1.165, 1.54) is 11.1 Å². The van der Waals surface area contributed by atoms with Gasteiger partial charge in [0.15, 0.2) is 0 Å². The first-order valence-corrected chi connectivity index (χ1v) is 10.4. The molecule has 1 N–H and O–H groups in total. The maximum absolute atomic E-state index is 9.36. The Bertz CT molecular complexity index is 1150. The number of hydrogen-bond acceptors (Lipinski definition) is 5. The van der Waals surface area contributed by atoms with E-state index in [4.69, 9.17) is 14.7 Å². The van der Waals surface area contributed by atoms with Crippen molar-refractivity contribution >= 4 is 11.6 Å². The number of fused-ring (bicyclic) bond motifs is 6. The molecule has 0 fully saturated rings. The molecule has 5 heteroatoms. The van der Waals surface area contributed by atoms with Crippen LogP contribution in [0.4, 0.5) is 11.6 Å². The van der Waals surface area contributed by atoms with Crippen molar-refractivity contribution in [1.29, 1.82) is 5.26 Å². The van der Waals surface area contributed by atoms with E-state index in [1.807, 2.05) is 18.2 Å². The molecular formula is C25H22N4O. The molecule has 0 radical (unpaired) electrons. The van der Waals surface area contributed by atoms with Gasteiger partial charge >= 0.3 is 0 Å². The van der Waals surface area contributed by atoms with Gasteiger partial charge in [0.25, 0.3) is 0 Å². The van der Waals surface area contributed by atoms with Gasteiger partial charge < -0.3 is 10.1 Å². The lowest BCUT2D eigenvalue weighted by Crippen LogP contribution is -2.08. The van der Waals surface area contributed by atoms with Crippen molar-refractivity contribution in [3.63, 3.8) is 0 Å². The zero-order valence-electron chi connectivity index (χ0n) is 16.6. The largest absolute Gasteiger partial charge is 0.488 e. The van der Waals surface area contributed by atoms with E-state index in [9.17, 15) is 5.26 Å². The zero-order chi connectivity index (χ0) is 20.3. The normalized spacial score (nSPS) is 18.4.